The van der Waals surface area contributed by atoms with Gasteiger partial charge in [-0.15, -0.1) is 0 Å². The number of carboxylic acid groups (broad SMARTS) is 1. The number of hydrogen-bond donors (Lipinski definition) is 3. The first-order valence-electron chi connectivity index (χ1n) is 5.66. The number of para-hydroxylation sites is 1. The third-order valence-corrected chi connectivity index (χ3v) is 3.07. The van der Waals surface area contributed by atoms with Crippen LogP contribution in [0.5, 0.6) is 0 Å². The van der Waals surface area contributed by atoms with Crippen molar-refractivity contribution in [2.75, 3.05) is 6.54 Å². The van der Waals surface area contributed by atoms with Crippen molar-refractivity contribution >= 4 is 17.4 Å². The highest BCUT2D eigenvalue weighted by atomic mass is 16.3. The quantitative estimate of drug-likeness (QED) is 0.609. The molecule has 3 N–H and O–H groups in total. The van der Waals surface area contributed by atoms with Crippen LogP contribution in [-0.2, 0) is 11.3 Å². The van der Waals surface area contributed by atoms with Gasteiger partial charge in [0.15, 0.2) is 0 Å². The van der Waals surface area contributed by atoms with E-state index in [0.29, 0.717) is 5.92 Å². The van der Waals surface area contributed by atoms with Crippen LogP contribution in [0.4, 0.5) is 0 Å². The second-order valence-electron chi connectivity index (χ2n) is 4.20. The van der Waals surface area contributed by atoms with E-state index in [-0.39, 0.29) is 6.47 Å². The van der Waals surface area contributed by atoms with E-state index in [2.05, 4.69) is 41.5 Å². The maximum atomic E-state index is 8.36. The highest BCUT2D eigenvalue weighted by Gasteiger charge is 2.20. The van der Waals surface area contributed by atoms with E-state index in [9.17, 15) is 0 Å². The summed E-state index contributed by atoms with van der Waals surface area (Å²) in [5, 5.41) is 11.7. The summed E-state index contributed by atoms with van der Waals surface area (Å²) in [4.78, 5) is 11.8. The molecule has 0 aliphatic carbocycles. The first-order chi connectivity index (χ1) is 8.27. The second kappa shape index (κ2) is 5.01. The van der Waals surface area contributed by atoms with Gasteiger partial charge in [0.2, 0.25) is 0 Å². The minimum Gasteiger partial charge on any atom is -0.483 e. The molecule has 0 bridgehead atoms. The Kier molecular flexibility index (Phi) is 3.44. The van der Waals surface area contributed by atoms with Crippen molar-refractivity contribution in [1.29, 1.82) is 0 Å². The molecule has 4 nitrogen and oxygen atoms in total. The number of nitrogens with one attached hydrogen (secondary N) is 2. The lowest BCUT2D eigenvalue weighted by Gasteiger charge is -2.20. The molecule has 1 unspecified atom stereocenters. The van der Waals surface area contributed by atoms with Gasteiger partial charge in [-0.3, -0.25) is 4.79 Å². The lowest BCUT2D eigenvalue weighted by molar-refractivity contribution is -0.122. The van der Waals surface area contributed by atoms with E-state index < -0.39 is 0 Å². The second-order valence-corrected chi connectivity index (χ2v) is 4.20. The average molecular weight is 232 g/mol. The molecule has 0 fully saturated rings. The van der Waals surface area contributed by atoms with Gasteiger partial charge in [-0.1, -0.05) is 25.1 Å². The molecule has 90 valence electrons. The van der Waals surface area contributed by atoms with Gasteiger partial charge in [-0.2, -0.15) is 0 Å². The van der Waals surface area contributed by atoms with Gasteiger partial charge < -0.3 is 15.4 Å². The smallest absolute Gasteiger partial charge is 0.290 e. The Morgan fingerprint density at radius 1 is 1.41 bits per heavy atom. The van der Waals surface area contributed by atoms with Crippen LogP contribution in [0.2, 0.25) is 0 Å². The summed E-state index contributed by atoms with van der Waals surface area (Å²) in [6.07, 6.45) is 0. The number of hydrogen-bond acceptors (Lipinski definition) is 2. The van der Waals surface area contributed by atoms with Crippen LogP contribution in [0.25, 0.3) is 10.9 Å². The highest BCUT2D eigenvalue weighted by molar-refractivity contribution is 5.85. The topological polar surface area (TPSA) is 65.1 Å². The van der Waals surface area contributed by atoms with E-state index in [4.69, 9.17) is 9.90 Å². The fraction of sp³-hybridized carbons (Fsp3) is 0.308. The predicted molar refractivity (Wildman–Crippen MR) is 67.1 cm³/mol. The number of fused-ring (bicyclic) bond motifs is 3. The molecule has 1 aromatic heterocycles. The van der Waals surface area contributed by atoms with Gasteiger partial charge in [-0.05, 0) is 17.5 Å². The van der Waals surface area contributed by atoms with Gasteiger partial charge in [0, 0.05) is 29.7 Å². The molecule has 2 aromatic rings. The summed E-state index contributed by atoms with van der Waals surface area (Å²) in [6.45, 7) is 4.11. The summed E-state index contributed by atoms with van der Waals surface area (Å²) in [5.74, 6) is 0.620. The van der Waals surface area contributed by atoms with Gasteiger partial charge in [0.05, 0.1) is 0 Å². The Balaban J connectivity index is 0.000000329. The minimum atomic E-state index is -0.250. The van der Waals surface area contributed by atoms with Crippen LogP contribution in [0.1, 0.15) is 24.1 Å². The van der Waals surface area contributed by atoms with Crippen molar-refractivity contribution in [1.82, 2.24) is 10.3 Å². The molecule has 0 saturated heterocycles. The Morgan fingerprint density at radius 3 is 2.88 bits per heavy atom. The van der Waals surface area contributed by atoms with Crippen molar-refractivity contribution in [2.45, 2.75) is 19.4 Å². The van der Waals surface area contributed by atoms with Crippen LogP contribution in [0.3, 0.4) is 0 Å². The Labute approximate surface area is 99.7 Å². The van der Waals surface area contributed by atoms with Gasteiger partial charge in [-0.25, -0.2) is 0 Å². The Bertz CT molecular complexity index is 519. The largest absolute Gasteiger partial charge is 0.483 e. The molecule has 1 atom stereocenters. The maximum Gasteiger partial charge on any atom is 0.290 e. The zero-order valence-corrected chi connectivity index (χ0v) is 9.73. The predicted octanol–water partition coefficient (Wildman–Crippen LogP) is 2.08. The van der Waals surface area contributed by atoms with Crippen LogP contribution in [-0.4, -0.2) is 23.1 Å². The number of rotatable bonds is 0. The maximum absolute atomic E-state index is 8.36. The lowest BCUT2D eigenvalue weighted by Crippen LogP contribution is -2.26. The van der Waals surface area contributed by atoms with Gasteiger partial charge >= 0.3 is 0 Å². The molecule has 2 heterocycles. The minimum absolute atomic E-state index is 0.250. The van der Waals surface area contributed by atoms with Crippen molar-refractivity contribution in [2.24, 2.45) is 0 Å². The number of aromatic nitrogens is 1. The number of aromatic amines is 1. The van der Waals surface area contributed by atoms with Crippen LogP contribution >= 0.6 is 0 Å². The number of carbonyl (C=O) groups is 1. The Hall–Kier alpha value is -1.81. The van der Waals surface area contributed by atoms with Crippen LogP contribution in [0.15, 0.2) is 24.3 Å². The van der Waals surface area contributed by atoms with E-state index in [1.165, 1.54) is 22.2 Å². The summed E-state index contributed by atoms with van der Waals surface area (Å²) < 4.78 is 0. The van der Waals surface area contributed by atoms with E-state index in [1.807, 2.05) is 0 Å². The number of H-pyrrole nitrogens is 1. The molecule has 0 amide bonds. The van der Waals surface area contributed by atoms with Gasteiger partial charge in [0.25, 0.3) is 6.47 Å². The highest BCUT2D eigenvalue weighted by Crippen LogP contribution is 2.31. The fourth-order valence-electron chi connectivity index (χ4n) is 2.44. The Morgan fingerprint density at radius 2 is 2.12 bits per heavy atom. The molecular weight excluding hydrogens is 216 g/mol. The molecular formula is C13H16N2O2. The first-order valence-corrected chi connectivity index (χ1v) is 5.66. The summed E-state index contributed by atoms with van der Waals surface area (Å²) >= 11 is 0. The summed E-state index contributed by atoms with van der Waals surface area (Å²) in [6, 6.07) is 8.57. The molecule has 0 radical (unpaired) electrons. The van der Waals surface area contributed by atoms with Gasteiger partial charge in [0.1, 0.15) is 0 Å². The van der Waals surface area contributed by atoms with Crippen molar-refractivity contribution in [3.05, 3.63) is 35.5 Å². The molecule has 1 aliphatic rings. The average Bonchev–Trinajstić information content (AvgIpc) is 2.69. The van der Waals surface area contributed by atoms with E-state index in [0.717, 1.165) is 13.1 Å². The number of benzene rings is 1. The van der Waals surface area contributed by atoms with E-state index >= 15 is 0 Å². The van der Waals surface area contributed by atoms with Crippen molar-refractivity contribution < 1.29 is 9.90 Å². The monoisotopic (exact) mass is 232 g/mol. The fourth-order valence-corrected chi connectivity index (χ4v) is 2.44. The molecule has 0 spiro atoms. The third kappa shape index (κ3) is 2.17. The standard InChI is InChI=1S/C12H14N2.CH2O2/c1-8-6-13-7-11-12(8)9-4-2-3-5-10(9)14-11;2-1-3/h2-5,8,13-14H,6-7H2,1H3;1H,(H,2,3). The molecule has 1 aliphatic heterocycles. The SMILES string of the molecule is CC1CNCc2[nH]c3ccccc3c21.O=CO. The lowest BCUT2D eigenvalue weighted by atomic mass is 9.95. The molecule has 4 heteroatoms. The normalized spacial score (nSPS) is 18.1. The third-order valence-electron chi connectivity index (χ3n) is 3.07. The first kappa shape index (κ1) is 11.7. The van der Waals surface area contributed by atoms with E-state index in [1.54, 1.807) is 0 Å². The molecule has 17 heavy (non-hydrogen) atoms. The van der Waals surface area contributed by atoms with Crippen LogP contribution < -0.4 is 5.32 Å². The molecule has 0 saturated carbocycles. The molecule has 1 aromatic carbocycles. The zero-order chi connectivity index (χ0) is 12.3. The summed E-state index contributed by atoms with van der Waals surface area (Å²) in [7, 11) is 0. The molecule has 3 rings (SSSR count). The van der Waals surface area contributed by atoms with Crippen molar-refractivity contribution in [3.63, 3.8) is 0 Å². The summed E-state index contributed by atoms with van der Waals surface area (Å²) in [5.41, 5.74) is 4.15. The van der Waals surface area contributed by atoms with Crippen LogP contribution in [0, 0.1) is 0 Å². The van der Waals surface area contributed by atoms with Crippen molar-refractivity contribution in [3.8, 4) is 0 Å². The zero-order valence-electron chi connectivity index (χ0n) is 9.73.